The third-order valence-electron chi connectivity index (χ3n) is 6.93. The van der Waals surface area contributed by atoms with Gasteiger partial charge in [-0.15, -0.1) is 0 Å². The summed E-state index contributed by atoms with van der Waals surface area (Å²) in [5, 5.41) is 10.2. The van der Waals surface area contributed by atoms with Crippen LogP contribution in [-0.4, -0.2) is 75.5 Å². The lowest BCUT2D eigenvalue weighted by molar-refractivity contribution is 0.0746. The highest BCUT2D eigenvalue weighted by molar-refractivity contribution is 7.90. The van der Waals surface area contributed by atoms with E-state index in [1.807, 2.05) is 11.8 Å². The lowest BCUT2D eigenvalue weighted by atomic mass is 10.1. The Bertz CT molecular complexity index is 1260. The van der Waals surface area contributed by atoms with Crippen molar-refractivity contribution in [2.75, 3.05) is 48.8 Å². The molecule has 35 heavy (non-hydrogen) atoms. The lowest BCUT2D eigenvalue weighted by Gasteiger charge is -2.37. The fraction of sp³-hybridized carbons (Fsp3) is 0.458. The van der Waals surface area contributed by atoms with Crippen molar-refractivity contribution >= 4 is 27.1 Å². The van der Waals surface area contributed by atoms with Gasteiger partial charge in [-0.25, -0.2) is 21.6 Å². The number of carbonyl (C=O) groups excluding carboxylic acids is 1. The molecule has 2 saturated heterocycles. The van der Waals surface area contributed by atoms with E-state index in [1.165, 1.54) is 21.9 Å². The number of piperazine rings is 1. The van der Waals surface area contributed by atoms with Crippen LogP contribution in [0.1, 0.15) is 29.3 Å². The first-order valence-electron chi connectivity index (χ1n) is 11.4. The molecular formula is C24H28F3N3O4S. The minimum absolute atomic E-state index is 0.00307. The van der Waals surface area contributed by atoms with E-state index in [1.54, 1.807) is 6.07 Å². The van der Waals surface area contributed by atoms with Crippen molar-refractivity contribution in [3.05, 3.63) is 52.8 Å². The predicted molar refractivity (Wildman–Crippen MR) is 126 cm³/mol. The van der Waals surface area contributed by atoms with Gasteiger partial charge in [0.15, 0.2) is 21.5 Å². The summed E-state index contributed by atoms with van der Waals surface area (Å²) in [5.41, 5.74) is 0.139. The van der Waals surface area contributed by atoms with Gasteiger partial charge < -0.3 is 19.8 Å². The van der Waals surface area contributed by atoms with E-state index in [0.717, 1.165) is 19.2 Å². The van der Waals surface area contributed by atoms with Crippen LogP contribution < -0.4 is 9.80 Å². The molecule has 2 aromatic rings. The largest absolute Gasteiger partial charge is 0.391 e. The number of benzene rings is 2. The molecule has 11 heteroatoms. The molecule has 1 N–H and O–H groups in total. The Labute approximate surface area is 202 Å². The molecule has 2 fully saturated rings. The van der Waals surface area contributed by atoms with E-state index >= 15 is 0 Å². The zero-order chi connectivity index (χ0) is 25.7. The van der Waals surface area contributed by atoms with Crippen molar-refractivity contribution in [1.82, 2.24) is 4.90 Å². The molecular weight excluding hydrogens is 483 g/mol. The molecule has 2 heterocycles. The lowest BCUT2D eigenvalue weighted by Crippen LogP contribution is -2.49. The van der Waals surface area contributed by atoms with Crippen LogP contribution in [0.3, 0.4) is 0 Å². The van der Waals surface area contributed by atoms with Crippen LogP contribution >= 0.6 is 0 Å². The highest BCUT2D eigenvalue weighted by Gasteiger charge is 2.34. The number of hydrogen-bond acceptors (Lipinski definition) is 6. The van der Waals surface area contributed by atoms with Crippen molar-refractivity contribution in [1.29, 1.82) is 0 Å². The third-order valence-corrected chi connectivity index (χ3v) is 8.04. The normalized spacial score (nSPS) is 21.1. The van der Waals surface area contributed by atoms with E-state index in [-0.39, 0.29) is 53.9 Å². The van der Waals surface area contributed by atoms with Gasteiger partial charge in [-0.3, -0.25) is 4.79 Å². The van der Waals surface area contributed by atoms with Gasteiger partial charge in [0, 0.05) is 56.3 Å². The molecule has 0 aliphatic carbocycles. The quantitative estimate of drug-likeness (QED) is 0.636. The first kappa shape index (κ1) is 25.3. The third kappa shape index (κ3) is 4.71. The minimum Gasteiger partial charge on any atom is -0.391 e. The molecule has 4 rings (SSSR count). The number of aliphatic hydroxyl groups is 1. The van der Waals surface area contributed by atoms with Gasteiger partial charge in [0.25, 0.3) is 5.91 Å². The molecule has 1 amide bonds. The Hall–Kier alpha value is -2.79. The maximum absolute atomic E-state index is 14.5. The van der Waals surface area contributed by atoms with Crippen LogP contribution in [0.15, 0.2) is 29.2 Å². The molecule has 2 aliphatic heterocycles. The molecule has 0 radical (unpaired) electrons. The Morgan fingerprint density at radius 2 is 1.66 bits per heavy atom. The molecule has 2 aromatic carbocycles. The summed E-state index contributed by atoms with van der Waals surface area (Å²) >= 11 is 0. The SMILES string of the molecule is Cc1c(F)cc(N2CCN(C(=O)c3cc(S(C)(=O)=O)ccc3N3CCC(O)C3C)CC2)c(F)c1F. The molecule has 2 aliphatic rings. The van der Waals surface area contributed by atoms with E-state index < -0.39 is 39.3 Å². The van der Waals surface area contributed by atoms with Crippen LogP contribution in [0.25, 0.3) is 0 Å². The zero-order valence-electron chi connectivity index (χ0n) is 19.8. The number of nitrogens with zero attached hydrogens (tertiary/aromatic N) is 3. The summed E-state index contributed by atoms with van der Waals surface area (Å²) < 4.78 is 66.8. The summed E-state index contributed by atoms with van der Waals surface area (Å²) in [5.74, 6) is -3.61. The Balaban J connectivity index is 1.60. The highest BCUT2D eigenvalue weighted by atomic mass is 32.2. The number of anilines is 2. The monoisotopic (exact) mass is 511 g/mol. The standard InChI is InChI=1S/C24H28F3N3O4S/c1-14-18(25)13-20(23(27)22(14)26)28-8-10-29(11-9-28)24(32)17-12-16(35(3,33)34)4-5-19(17)30-7-6-21(31)15(30)2/h4-5,12-13,15,21,31H,6-11H2,1-3H3. The first-order chi connectivity index (χ1) is 16.4. The van der Waals surface area contributed by atoms with Crippen molar-refractivity contribution < 1.29 is 31.5 Å². The van der Waals surface area contributed by atoms with Crippen LogP contribution in [0.2, 0.25) is 0 Å². The maximum Gasteiger partial charge on any atom is 0.256 e. The maximum atomic E-state index is 14.5. The average molecular weight is 512 g/mol. The van der Waals surface area contributed by atoms with Gasteiger partial charge in [-0.05, 0) is 38.5 Å². The smallest absolute Gasteiger partial charge is 0.256 e. The fourth-order valence-corrected chi connectivity index (χ4v) is 5.30. The van der Waals surface area contributed by atoms with Crippen molar-refractivity contribution in [3.63, 3.8) is 0 Å². The van der Waals surface area contributed by atoms with E-state index in [2.05, 4.69) is 0 Å². The summed E-state index contributed by atoms with van der Waals surface area (Å²) in [7, 11) is -3.58. The summed E-state index contributed by atoms with van der Waals surface area (Å²) in [6.07, 6.45) is 1.02. The molecule has 0 bridgehead atoms. The van der Waals surface area contributed by atoms with Gasteiger partial charge in [0.05, 0.1) is 28.3 Å². The first-order valence-corrected chi connectivity index (χ1v) is 13.3. The van der Waals surface area contributed by atoms with Crippen molar-refractivity contribution in [2.24, 2.45) is 0 Å². The van der Waals surface area contributed by atoms with E-state index in [0.29, 0.717) is 18.7 Å². The van der Waals surface area contributed by atoms with Gasteiger partial charge >= 0.3 is 0 Å². The van der Waals surface area contributed by atoms with Crippen LogP contribution in [0.5, 0.6) is 0 Å². The molecule has 7 nitrogen and oxygen atoms in total. The molecule has 2 atom stereocenters. The summed E-state index contributed by atoms with van der Waals surface area (Å²) in [6, 6.07) is 5.08. The van der Waals surface area contributed by atoms with Gasteiger partial charge in [0.2, 0.25) is 0 Å². The summed E-state index contributed by atoms with van der Waals surface area (Å²) in [6.45, 7) is 4.10. The second kappa shape index (κ2) is 9.34. The van der Waals surface area contributed by atoms with Gasteiger partial charge in [-0.2, -0.15) is 0 Å². The number of carbonyl (C=O) groups is 1. The number of halogens is 3. The predicted octanol–water partition coefficient (Wildman–Crippen LogP) is 2.74. The van der Waals surface area contributed by atoms with Crippen LogP contribution in [0, 0.1) is 24.4 Å². The number of amides is 1. The summed E-state index contributed by atoms with van der Waals surface area (Å²) in [4.78, 5) is 18.4. The number of rotatable bonds is 4. The topological polar surface area (TPSA) is 81.2 Å². The average Bonchev–Trinajstić information content (AvgIpc) is 3.16. The second-order valence-electron chi connectivity index (χ2n) is 9.15. The molecule has 2 unspecified atom stereocenters. The van der Waals surface area contributed by atoms with E-state index in [4.69, 9.17) is 0 Å². The fourth-order valence-electron chi connectivity index (χ4n) is 4.66. The molecule has 190 valence electrons. The molecule has 0 spiro atoms. The van der Waals surface area contributed by atoms with Crippen molar-refractivity contribution in [2.45, 2.75) is 37.3 Å². The highest BCUT2D eigenvalue weighted by Crippen LogP contribution is 2.32. The van der Waals surface area contributed by atoms with Gasteiger partial charge in [0.1, 0.15) is 5.82 Å². The minimum atomic E-state index is -3.58. The molecule has 0 aromatic heterocycles. The van der Waals surface area contributed by atoms with Crippen LogP contribution in [0.4, 0.5) is 24.5 Å². The number of sulfone groups is 1. The Morgan fingerprint density at radius 3 is 2.23 bits per heavy atom. The van der Waals surface area contributed by atoms with E-state index in [9.17, 15) is 31.5 Å². The van der Waals surface area contributed by atoms with Crippen molar-refractivity contribution in [3.8, 4) is 0 Å². The second-order valence-corrected chi connectivity index (χ2v) is 11.2. The van der Waals surface area contributed by atoms with Gasteiger partial charge in [-0.1, -0.05) is 0 Å². The number of hydrogen-bond donors (Lipinski definition) is 1. The molecule has 0 saturated carbocycles. The zero-order valence-corrected chi connectivity index (χ0v) is 20.6. The Morgan fingerprint density at radius 1 is 1.00 bits per heavy atom. The Kier molecular flexibility index (Phi) is 6.76. The van der Waals surface area contributed by atoms with Crippen LogP contribution in [-0.2, 0) is 9.84 Å². The number of aliphatic hydroxyl groups excluding tert-OH is 1.